The molecule has 1 aromatic carbocycles. The summed E-state index contributed by atoms with van der Waals surface area (Å²) >= 11 is 0. The number of nitrogens with two attached hydrogens (primary N) is 1. The highest BCUT2D eigenvalue weighted by atomic mass is 15.1. The van der Waals surface area contributed by atoms with Crippen LogP contribution in [0.15, 0.2) is 24.3 Å². The van der Waals surface area contributed by atoms with E-state index in [1.165, 1.54) is 12.0 Å². The number of nitrogens with zero attached hydrogens (tertiary/aromatic N) is 2. The van der Waals surface area contributed by atoms with Gasteiger partial charge < -0.3 is 10.3 Å². The Morgan fingerprint density at radius 1 is 1.26 bits per heavy atom. The Hall–Kier alpha value is -1.77. The minimum absolute atomic E-state index is 0.802. The molecule has 0 saturated carbocycles. The number of imidazole rings is 1. The lowest BCUT2D eigenvalue weighted by molar-refractivity contribution is 0.612. The zero-order valence-corrected chi connectivity index (χ0v) is 12.1. The van der Waals surface area contributed by atoms with Crippen LogP contribution in [0.2, 0.25) is 0 Å². The average molecular weight is 257 g/mol. The molecular formula is C16H23N3. The Kier molecular flexibility index (Phi) is 4.25. The molecule has 1 aromatic heterocycles. The van der Waals surface area contributed by atoms with Crippen molar-refractivity contribution in [2.75, 3.05) is 5.73 Å². The predicted octanol–water partition coefficient (Wildman–Crippen LogP) is 3.80. The molecule has 0 aliphatic carbocycles. The Bertz CT molecular complexity index is 555. The van der Waals surface area contributed by atoms with Gasteiger partial charge in [0.25, 0.3) is 0 Å². The lowest BCUT2D eigenvalue weighted by atomic mass is 10.1. The molecule has 0 radical (unpaired) electrons. The second-order valence-corrected chi connectivity index (χ2v) is 4.99. The molecule has 102 valence electrons. The maximum absolute atomic E-state index is 6.30. The van der Waals surface area contributed by atoms with Crippen LogP contribution in [0.1, 0.15) is 38.1 Å². The number of nitrogen functional groups attached to an aromatic ring is 1. The summed E-state index contributed by atoms with van der Waals surface area (Å²) in [6.45, 7) is 7.38. The number of hydrogen-bond donors (Lipinski definition) is 1. The Morgan fingerprint density at radius 2 is 2.05 bits per heavy atom. The van der Waals surface area contributed by atoms with Crippen molar-refractivity contribution >= 4 is 5.82 Å². The number of hydrogen-bond acceptors (Lipinski definition) is 2. The zero-order chi connectivity index (χ0) is 13.8. The number of rotatable bonds is 5. The molecule has 2 aromatic rings. The van der Waals surface area contributed by atoms with Gasteiger partial charge in [0, 0.05) is 18.5 Å². The molecular weight excluding hydrogens is 234 g/mol. The fourth-order valence-corrected chi connectivity index (χ4v) is 2.35. The van der Waals surface area contributed by atoms with Gasteiger partial charge in [-0.1, -0.05) is 44.0 Å². The molecule has 0 bridgehead atoms. The molecule has 2 N–H and O–H groups in total. The smallest absolute Gasteiger partial charge is 0.131 e. The summed E-state index contributed by atoms with van der Waals surface area (Å²) in [5.74, 6) is 1.89. The normalized spacial score (nSPS) is 10.9. The summed E-state index contributed by atoms with van der Waals surface area (Å²) < 4.78 is 2.17. The van der Waals surface area contributed by atoms with E-state index in [2.05, 4.69) is 49.6 Å². The zero-order valence-electron chi connectivity index (χ0n) is 12.1. The average Bonchev–Trinajstić information content (AvgIpc) is 2.73. The SMILES string of the molecule is CCCCn1c(CC)nc(-c2cccc(C)c2)c1N. The largest absolute Gasteiger partial charge is 0.383 e. The number of benzene rings is 1. The molecule has 0 aliphatic rings. The second kappa shape index (κ2) is 5.91. The molecule has 0 saturated heterocycles. The Morgan fingerprint density at radius 3 is 2.68 bits per heavy atom. The van der Waals surface area contributed by atoms with E-state index in [9.17, 15) is 0 Å². The van der Waals surface area contributed by atoms with E-state index in [4.69, 9.17) is 10.7 Å². The van der Waals surface area contributed by atoms with Crippen LogP contribution in [0.25, 0.3) is 11.3 Å². The van der Waals surface area contributed by atoms with Gasteiger partial charge >= 0.3 is 0 Å². The number of aromatic nitrogens is 2. The van der Waals surface area contributed by atoms with Gasteiger partial charge in [-0.2, -0.15) is 0 Å². The van der Waals surface area contributed by atoms with E-state index in [0.717, 1.165) is 42.3 Å². The van der Waals surface area contributed by atoms with E-state index >= 15 is 0 Å². The lowest BCUT2D eigenvalue weighted by Crippen LogP contribution is -2.06. The third-order valence-corrected chi connectivity index (χ3v) is 3.43. The first-order chi connectivity index (χ1) is 9.17. The molecule has 3 heteroatoms. The lowest BCUT2D eigenvalue weighted by Gasteiger charge is -2.07. The molecule has 0 amide bonds. The van der Waals surface area contributed by atoms with Gasteiger partial charge in [0.2, 0.25) is 0 Å². The number of anilines is 1. The summed E-state index contributed by atoms with van der Waals surface area (Å²) in [7, 11) is 0. The van der Waals surface area contributed by atoms with Crippen LogP contribution in [0, 0.1) is 6.92 Å². The van der Waals surface area contributed by atoms with Gasteiger partial charge in [0.15, 0.2) is 0 Å². The summed E-state index contributed by atoms with van der Waals surface area (Å²) in [6.07, 6.45) is 3.22. The van der Waals surface area contributed by atoms with Crippen LogP contribution in [0.3, 0.4) is 0 Å². The molecule has 0 atom stereocenters. The molecule has 0 aliphatic heterocycles. The van der Waals surface area contributed by atoms with Crippen molar-refractivity contribution in [3.8, 4) is 11.3 Å². The summed E-state index contributed by atoms with van der Waals surface area (Å²) in [5, 5.41) is 0. The molecule has 0 spiro atoms. The molecule has 1 heterocycles. The van der Waals surface area contributed by atoms with Gasteiger partial charge in [-0.25, -0.2) is 4.98 Å². The minimum atomic E-state index is 0.802. The minimum Gasteiger partial charge on any atom is -0.383 e. The number of unbranched alkanes of at least 4 members (excludes halogenated alkanes) is 1. The first-order valence-electron chi connectivity index (χ1n) is 7.09. The maximum Gasteiger partial charge on any atom is 0.131 e. The van der Waals surface area contributed by atoms with Crippen molar-refractivity contribution in [1.82, 2.24) is 9.55 Å². The van der Waals surface area contributed by atoms with Gasteiger partial charge in [-0.3, -0.25) is 0 Å². The van der Waals surface area contributed by atoms with Crippen LogP contribution >= 0.6 is 0 Å². The van der Waals surface area contributed by atoms with Gasteiger partial charge in [-0.15, -0.1) is 0 Å². The Labute approximate surface area is 115 Å². The summed E-state index contributed by atoms with van der Waals surface area (Å²) in [4.78, 5) is 4.73. The van der Waals surface area contributed by atoms with Crippen LogP contribution in [0.4, 0.5) is 5.82 Å². The van der Waals surface area contributed by atoms with E-state index in [1.807, 2.05) is 0 Å². The van der Waals surface area contributed by atoms with Gasteiger partial charge in [0.05, 0.1) is 0 Å². The third-order valence-electron chi connectivity index (χ3n) is 3.43. The fraction of sp³-hybridized carbons (Fsp3) is 0.438. The molecule has 0 unspecified atom stereocenters. The molecule has 3 nitrogen and oxygen atoms in total. The van der Waals surface area contributed by atoms with Gasteiger partial charge in [0.1, 0.15) is 17.3 Å². The molecule has 0 fully saturated rings. The van der Waals surface area contributed by atoms with Crippen molar-refractivity contribution in [2.45, 2.75) is 46.6 Å². The predicted molar refractivity (Wildman–Crippen MR) is 81.1 cm³/mol. The number of aryl methyl sites for hydroxylation is 2. The van der Waals surface area contributed by atoms with Crippen LogP contribution < -0.4 is 5.73 Å². The topological polar surface area (TPSA) is 43.8 Å². The van der Waals surface area contributed by atoms with E-state index in [0.29, 0.717) is 0 Å². The van der Waals surface area contributed by atoms with Crippen LogP contribution in [-0.2, 0) is 13.0 Å². The van der Waals surface area contributed by atoms with Crippen molar-refractivity contribution in [2.24, 2.45) is 0 Å². The summed E-state index contributed by atoms with van der Waals surface area (Å²) in [5.41, 5.74) is 9.58. The monoisotopic (exact) mass is 257 g/mol. The van der Waals surface area contributed by atoms with Crippen LogP contribution in [0.5, 0.6) is 0 Å². The van der Waals surface area contributed by atoms with E-state index < -0.39 is 0 Å². The van der Waals surface area contributed by atoms with Crippen molar-refractivity contribution in [1.29, 1.82) is 0 Å². The third kappa shape index (κ3) is 2.80. The second-order valence-electron chi connectivity index (χ2n) is 4.99. The Balaban J connectivity index is 2.44. The van der Waals surface area contributed by atoms with Crippen molar-refractivity contribution in [3.05, 3.63) is 35.7 Å². The standard InChI is InChI=1S/C16H23N3/c1-4-6-10-19-14(5-2)18-15(16(19)17)13-9-7-8-12(3)11-13/h7-9,11H,4-6,10,17H2,1-3H3. The first-order valence-corrected chi connectivity index (χ1v) is 7.09. The highest BCUT2D eigenvalue weighted by Gasteiger charge is 2.14. The fourth-order valence-electron chi connectivity index (χ4n) is 2.35. The summed E-state index contributed by atoms with van der Waals surface area (Å²) in [6, 6.07) is 8.37. The highest BCUT2D eigenvalue weighted by Crippen LogP contribution is 2.27. The maximum atomic E-state index is 6.30. The first kappa shape index (κ1) is 13.7. The van der Waals surface area contributed by atoms with Crippen molar-refractivity contribution < 1.29 is 0 Å². The van der Waals surface area contributed by atoms with Crippen LogP contribution in [-0.4, -0.2) is 9.55 Å². The van der Waals surface area contributed by atoms with Crippen molar-refractivity contribution in [3.63, 3.8) is 0 Å². The van der Waals surface area contributed by atoms with Gasteiger partial charge in [-0.05, 0) is 19.4 Å². The van der Waals surface area contributed by atoms with E-state index in [1.54, 1.807) is 0 Å². The molecule has 2 rings (SSSR count). The highest BCUT2D eigenvalue weighted by molar-refractivity contribution is 5.71. The quantitative estimate of drug-likeness (QED) is 0.885. The molecule has 19 heavy (non-hydrogen) atoms. The van der Waals surface area contributed by atoms with E-state index in [-0.39, 0.29) is 0 Å².